The first-order valence-electron chi connectivity index (χ1n) is 7.37. The highest BCUT2D eigenvalue weighted by Gasteiger charge is 2.20. The molecule has 4 nitrogen and oxygen atoms in total. The topological polar surface area (TPSA) is 55.4 Å². The van der Waals surface area contributed by atoms with Gasteiger partial charge in [0.2, 0.25) is 10.0 Å². The summed E-state index contributed by atoms with van der Waals surface area (Å²) < 4.78 is 32.9. The van der Waals surface area contributed by atoms with Crippen molar-refractivity contribution in [3.8, 4) is 5.75 Å². The summed E-state index contributed by atoms with van der Waals surface area (Å²) in [5, 5.41) is 0.686. The Morgan fingerprint density at radius 1 is 1.12 bits per heavy atom. The van der Waals surface area contributed by atoms with Crippen molar-refractivity contribution in [3.63, 3.8) is 0 Å². The second kappa shape index (κ2) is 8.25. The van der Waals surface area contributed by atoms with Crippen molar-refractivity contribution < 1.29 is 13.2 Å². The molecule has 0 aliphatic rings. The number of thioether (sulfide) groups is 1. The summed E-state index contributed by atoms with van der Waals surface area (Å²) in [5.41, 5.74) is 1.34. The van der Waals surface area contributed by atoms with Crippen LogP contribution in [0.5, 0.6) is 5.75 Å². The van der Waals surface area contributed by atoms with Gasteiger partial charge in [0.1, 0.15) is 5.75 Å². The standard InChI is InChI=1S/C17H20ClNO3S2/c1-12-10-15(22-3)11-13(2)17(12)24(20,21)19-8-9-23-16-6-4-14(18)5-7-16/h4-7,10-11,19H,8-9H2,1-3H3. The van der Waals surface area contributed by atoms with Crippen molar-refractivity contribution in [3.05, 3.63) is 52.5 Å². The fourth-order valence-corrected chi connectivity index (χ4v) is 4.90. The fourth-order valence-electron chi connectivity index (χ4n) is 2.40. The maximum atomic E-state index is 12.6. The quantitative estimate of drug-likeness (QED) is 0.577. The molecule has 0 aliphatic carbocycles. The van der Waals surface area contributed by atoms with E-state index >= 15 is 0 Å². The minimum Gasteiger partial charge on any atom is -0.497 e. The molecule has 0 aromatic heterocycles. The van der Waals surface area contributed by atoms with Crippen LogP contribution in [0.15, 0.2) is 46.2 Å². The van der Waals surface area contributed by atoms with Crippen molar-refractivity contribution >= 4 is 33.4 Å². The third kappa shape index (κ3) is 4.89. The average Bonchev–Trinajstić information content (AvgIpc) is 2.52. The first-order valence-corrected chi connectivity index (χ1v) is 10.2. The van der Waals surface area contributed by atoms with Gasteiger partial charge in [0, 0.05) is 22.2 Å². The number of aryl methyl sites for hydroxylation is 2. The van der Waals surface area contributed by atoms with Crippen LogP contribution in [-0.2, 0) is 10.0 Å². The number of halogens is 1. The number of benzene rings is 2. The van der Waals surface area contributed by atoms with Gasteiger partial charge >= 0.3 is 0 Å². The molecule has 0 saturated heterocycles. The maximum absolute atomic E-state index is 12.6. The van der Waals surface area contributed by atoms with Gasteiger partial charge in [0.05, 0.1) is 12.0 Å². The molecular formula is C17H20ClNO3S2. The van der Waals surface area contributed by atoms with Crippen LogP contribution in [0.1, 0.15) is 11.1 Å². The van der Waals surface area contributed by atoms with Crippen LogP contribution in [0, 0.1) is 13.8 Å². The van der Waals surface area contributed by atoms with Crippen molar-refractivity contribution in [2.45, 2.75) is 23.6 Å². The van der Waals surface area contributed by atoms with Gasteiger partial charge < -0.3 is 4.74 Å². The average molecular weight is 386 g/mol. The SMILES string of the molecule is COc1cc(C)c(S(=O)(=O)NCCSc2ccc(Cl)cc2)c(C)c1. The van der Waals surface area contributed by atoms with Crippen LogP contribution in [-0.4, -0.2) is 27.8 Å². The van der Waals surface area contributed by atoms with Gasteiger partial charge in [-0.2, -0.15) is 0 Å². The lowest BCUT2D eigenvalue weighted by Crippen LogP contribution is -2.27. The van der Waals surface area contributed by atoms with E-state index in [1.54, 1.807) is 44.9 Å². The van der Waals surface area contributed by atoms with E-state index in [1.165, 1.54) is 0 Å². The molecule has 24 heavy (non-hydrogen) atoms. The normalized spacial score (nSPS) is 11.5. The van der Waals surface area contributed by atoms with Crippen molar-refractivity contribution in [2.24, 2.45) is 0 Å². The third-order valence-corrected chi connectivity index (χ3v) is 6.45. The third-order valence-electron chi connectivity index (χ3n) is 3.41. The van der Waals surface area contributed by atoms with E-state index in [0.29, 0.717) is 39.1 Å². The largest absolute Gasteiger partial charge is 0.497 e. The summed E-state index contributed by atoms with van der Waals surface area (Å²) in [6.07, 6.45) is 0. The Morgan fingerprint density at radius 3 is 2.25 bits per heavy atom. The summed E-state index contributed by atoms with van der Waals surface area (Å²) in [6, 6.07) is 10.9. The van der Waals surface area contributed by atoms with Crippen LogP contribution >= 0.6 is 23.4 Å². The summed E-state index contributed by atoms with van der Waals surface area (Å²) in [4.78, 5) is 1.37. The lowest BCUT2D eigenvalue weighted by molar-refractivity contribution is 0.413. The van der Waals surface area contributed by atoms with E-state index in [2.05, 4.69) is 4.72 Å². The number of sulfonamides is 1. The summed E-state index contributed by atoms with van der Waals surface area (Å²) in [6.45, 7) is 3.89. The van der Waals surface area contributed by atoms with E-state index in [4.69, 9.17) is 16.3 Å². The number of nitrogens with one attached hydrogen (secondary N) is 1. The number of hydrogen-bond donors (Lipinski definition) is 1. The summed E-state index contributed by atoms with van der Waals surface area (Å²) >= 11 is 7.42. The van der Waals surface area contributed by atoms with Gasteiger partial charge in [0.15, 0.2) is 0 Å². The number of methoxy groups -OCH3 is 1. The Kier molecular flexibility index (Phi) is 6.57. The molecule has 0 unspecified atom stereocenters. The smallest absolute Gasteiger partial charge is 0.241 e. The van der Waals surface area contributed by atoms with E-state index in [0.717, 1.165) is 4.90 Å². The van der Waals surface area contributed by atoms with Crippen LogP contribution in [0.2, 0.25) is 5.02 Å². The van der Waals surface area contributed by atoms with Gasteiger partial charge in [-0.1, -0.05) is 11.6 Å². The van der Waals surface area contributed by atoms with Crippen LogP contribution in [0.25, 0.3) is 0 Å². The molecule has 1 N–H and O–H groups in total. The minimum atomic E-state index is -3.55. The summed E-state index contributed by atoms with van der Waals surface area (Å²) in [7, 11) is -1.98. The first-order chi connectivity index (χ1) is 11.3. The number of hydrogen-bond acceptors (Lipinski definition) is 4. The minimum absolute atomic E-state index is 0.319. The van der Waals surface area contributed by atoms with Gasteiger partial charge in [-0.3, -0.25) is 0 Å². The highest BCUT2D eigenvalue weighted by molar-refractivity contribution is 7.99. The molecule has 2 aromatic carbocycles. The Morgan fingerprint density at radius 2 is 1.71 bits per heavy atom. The van der Waals surface area contributed by atoms with Gasteiger partial charge in [-0.05, 0) is 61.4 Å². The fraction of sp³-hybridized carbons (Fsp3) is 0.294. The molecule has 0 spiro atoms. The molecule has 0 aliphatic heterocycles. The zero-order valence-electron chi connectivity index (χ0n) is 13.8. The Labute approximate surface area is 152 Å². The molecular weight excluding hydrogens is 366 g/mol. The molecule has 130 valence electrons. The van der Waals surface area contributed by atoms with Gasteiger partial charge in [-0.25, -0.2) is 13.1 Å². The molecule has 0 fully saturated rings. The van der Waals surface area contributed by atoms with Crippen molar-refractivity contribution in [1.29, 1.82) is 0 Å². The van der Waals surface area contributed by atoms with Gasteiger partial charge in [0.25, 0.3) is 0 Å². The molecule has 0 saturated carbocycles. The Hall–Kier alpha value is -1.21. The second-order valence-corrected chi connectivity index (χ2v) is 8.60. The van der Waals surface area contributed by atoms with E-state index in [9.17, 15) is 8.42 Å². The predicted octanol–water partition coefficient (Wildman–Crippen LogP) is 4.04. The lowest BCUT2D eigenvalue weighted by Gasteiger charge is -2.13. The Bertz CT molecular complexity index is 782. The van der Waals surface area contributed by atoms with Crippen LogP contribution < -0.4 is 9.46 Å². The number of ether oxygens (including phenoxy) is 1. The zero-order chi connectivity index (χ0) is 17.7. The van der Waals surface area contributed by atoms with E-state index in [-0.39, 0.29) is 0 Å². The van der Waals surface area contributed by atoms with E-state index in [1.807, 2.05) is 24.3 Å². The van der Waals surface area contributed by atoms with Crippen LogP contribution in [0.4, 0.5) is 0 Å². The maximum Gasteiger partial charge on any atom is 0.241 e. The van der Waals surface area contributed by atoms with Crippen molar-refractivity contribution in [1.82, 2.24) is 4.72 Å². The van der Waals surface area contributed by atoms with Crippen LogP contribution in [0.3, 0.4) is 0 Å². The monoisotopic (exact) mass is 385 g/mol. The molecule has 0 atom stereocenters. The lowest BCUT2D eigenvalue weighted by atomic mass is 10.1. The number of rotatable bonds is 7. The first kappa shape index (κ1) is 19.1. The molecule has 2 rings (SSSR count). The molecule has 7 heteroatoms. The molecule has 2 aromatic rings. The molecule has 0 heterocycles. The summed E-state index contributed by atoms with van der Waals surface area (Å²) in [5.74, 6) is 1.29. The zero-order valence-corrected chi connectivity index (χ0v) is 16.2. The molecule has 0 radical (unpaired) electrons. The van der Waals surface area contributed by atoms with Gasteiger partial charge in [-0.15, -0.1) is 11.8 Å². The Balaban J connectivity index is 2.00. The molecule has 0 amide bonds. The highest BCUT2D eigenvalue weighted by atomic mass is 35.5. The predicted molar refractivity (Wildman–Crippen MR) is 99.8 cm³/mol. The molecule has 0 bridgehead atoms. The highest BCUT2D eigenvalue weighted by Crippen LogP contribution is 2.25. The van der Waals surface area contributed by atoms with E-state index < -0.39 is 10.0 Å². The van der Waals surface area contributed by atoms with Crippen molar-refractivity contribution in [2.75, 3.05) is 19.4 Å². The second-order valence-electron chi connectivity index (χ2n) is 5.29.